The van der Waals surface area contributed by atoms with Crippen molar-refractivity contribution in [1.29, 1.82) is 0 Å². The summed E-state index contributed by atoms with van der Waals surface area (Å²) in [7, 11) is 0. The molecule has 0 amide bonds. The lowest BCUT2D eigenvalue weighted by atomic mass is 10.0. The molecule has 0 aromatic carbocycles. The van der Waals surface area contributed by atoms with Gasteiger partial charge in [-0.25, -0.2) is 0 Å². The number of nitrogens with zero attached hydrogens (tertiary/aromatic N) is 2. The van der Waals surface area contributed by atoms with Gasteiger partial charge in [-0.05, 0) is 60.4 Å². The first-order valence-electron chi connectivity index (χ1n) is 6.71. The molecule has 2 atom stereocenters. The second-order valence-electron chi connectivity index (χ2n) is 7.56. The van der Waals surface area contributed by atoms with Crippen LogP contribution in [0.3, 0.4) is 0 Å². The van der Waals surface area contributed by atoms with E-state index in [1.54, 1.807) is 0 Å². The van der Waals surface area contributed by atoms with Crippen LogP contribution in [0.2, 0.25) is 0 Å². The van der Waals surface area contributed by atoms with Gasteiger partial charge in [0.2, 0.25) is 0 Å². The summed E-state index contributed by atoms with van der Waals surface area (Å²) in [5.41, 5.74) is 0.682. The zero-order chi connectivity index (χ0) is 12.1. The third-order valence-corrected chi connectivity index (χ3v) is 4.36. The molecular formula is C14H28N2. The van der Waals surface area contributed by atoms with Crippen LogP contribution in [0.25, 0.3) is 0 Å². The van der Waals surface area contributed by atoms with Gasteiger partial charge in [0.1, 0.15) is 0 Å². The minimum atomic E-state index is 0.341. The van der Waals surface area contributed by atoms with Crippen molar-refractivity contribution < 1.29 is 0 Å². The third kappa shape index (κ3) is 2.14. The number of hydrogen-bond donors (Lipinski definition) is 0. The Kier molecular flexibility index (Phi) is 2.87. The van der Waals surface area contributed by atoms with Crippen molar-refractivity contribution in [1.82, 2.24) is 9.80 Å². The van der Waals surface area contributed by atoms with E-state index in [1.165, 1.54) is 26.1 Å². The topological polar surface area (TPSA) is 6.48 Å². The predicted molar refractivity (Wildman–Crippen MR) is 69.7 cm³/mol. The van der Waals surface area contributed by atoms with Crippen LogP contribution in [-0.2, 0) is 0 Å². The van der Waals surface area contributed by atoms with Crippen molar-refractivity contribution in [2.24, 2.45) is 5.92 Å². The second kappa shape index (κ2) is 3.71. The van der Waals surface area contributed by atoms with Gasteiger partial charge < -0.3 is 0 Å². The quantitative estimate of drug-likeness (QED) is 0.624. The molecular weight excluding hydrogens is 196 g/mol. The molecule has 2 aliphatic rings. The van der Waals surface area contributed by atoms with Crippen molar-refractivity contribution in [3.05, 3.63) is 0 Å². The van der Waals surface area contributed by atoms with Crippen molar-refractivity contribution in [2.75, 3.05) is 19.6 Å². The van der Waals surface area contributed by atoms with E-state index in [-0.39, 0.29) is 0 Å². The summed E-state index contributed by atoms with van der Waals surface area (Å²) in [6, 6.07) is 0.805. The molecule has 0 N–H and O–H groups in total. The van der Waals surface area contributed by atoms with Gasteiger partial charge in [-0.15, -0.1) is 0 Å². The molecule has 0 radical (unpaired) electrons. The van der Waals surface area contributed by atoms with Crippen LogP contribution in [0.1, 0.15) is 48.0 Å². The first-order valence-corrected chi connectivity index (χ1v) is 6.71. The average molecular weight is 224 g/mol. The van der Waals surface area contributed by atoms with Crippen LogP contribution < -0.4 is 0 Å². The molecule has 0 spiro atoms. The highest BCUT2D eigenvalue weighted by Crippen LogP contribution is 2.38. The Hall–Kier alpha value is -0.0800. The van der Waals surface area contributed by atoms with E-state index in [0.29, 0.717) is 11.1 Å². The SMILES string of the molecule is CC(C)(C)N1C[C@H]2CCN(C(C)(C)C)[C@H]2C1. The summed E-state index contributed by atoms with van der Waals surface area (Å²) >= 11 is 0. The molecule has 0 aromatic rings. The molecule has 2 aliphatic heterocycles. The Labute approximate surface area is 101 Å². The number of rotatable bonds is 0. The summed E-state index contributed by atoms with van der Waals surface area (Å²) in [5.74, 6) is 0.915. The van der Waals surface area contributed by atoms with Crippen LogP contribution in [0, 0.1) is 5.92 Å². The summed E-state index contributed by atoms with van der Waals surface area (Å²) in [5, 5.41) is 0. The first kappa shape index (κ1) is 12.4. The second-order valence-corrected chi connectivity index (χ2v) is 7.56. The van der Waals surface area contributed by atoms with Gasteiger partial charge in [0, 0.05) is 30.2 Å². The zero-order valence-corrected chi connectivity index (χ0v) is 11.9. The lowest BCUT2D eigenvalue weighted by Crippen LogP contribution is -2.48. The Morgan fingerprint density at radius 1 is 0.875 bits per heavy atom. The number of likely N-dealkylation sites (tertiary alicyclic amines) is 2. The van der Waals surface area contributed by atoms with E-state index in [9.17, 15) is 0 Å². The Morgan fingerprint density at radius 2 is 1.50 bits per heavy atom. The largest absolute Gasteiger partial charge is 0.297 e. The molecule has 0 saturated carbocycles. The molecule has 2 fully saturated rings. The molecule has 2 heterocycles. The molecule has 0 aliphatic carbocycles. The minimum absolute atomic E-state index is 0.341. The van der Waals surface area contributed by atoms with Crippen LogP contribution in [0.4, 0.5) is 0 Å². The molecule has 16 heavy (non-hydrogen) atoms. The fourth-order valence-electron chi connectivity index (χ4n) is 3.34. The molecule has 0 unspecified atom stereocenters. The van der Waals surface area contributed by atoms with Gasteiger partial charge >= 0.3 is 0 Å². The molecule has 2 nitrogen and oxygen atoms in total. The highest BCUT2D eigenvalue weighted by atomic mass is 15.3. The van der Waals surface area contributed by atoms with Crippen molar-refractivity contribution in [3.63, 3.8) is 0 Å². The van der Waals surface area contributed by atoms with E-state index in [4.69, 9.17) is 0 Å². The molecule has 2 saturated heterocycles. The fourth-order valence-corrected chi connectivity index (χ4v) is 3.34. The highest BCUT2D eigenvalue weighted by Gasteiger charge is 2.46. The Morgan fingerprint density at radius 3 is 2.00 bits per heavy atom. The van der Waals surface area contributed by atoms with Crippen molar-refractivity contribution in [3.8, 4) is 0 Å². The standard InChI is InChI=1S/C14H28N2/c1-13(2,3)15-9-11-7-8-16(12(11)10-15)14(4,5)6/h11-12H,7-10H2,1-6H3/t11-,12+/m1/s1. The molecule has 0 aromatic heterocycles. The summed E-state index contributed by atoms with van der Waals surface area (Å²) in [4.78, 5) is 5.39. The van der Waals surface area contributed by atoms with Gasteiger partial charge in [0.15, 0.2) is 0 Å². The molecule has 0 bridgehead atoms. The van der Waals surface area contributed by atoms with Gasteiger partial charge in [-0.3, -0.25) is 9.80 Å². The fraction of sp³-hybridized carbons (Fsp3) is 1.00. The third-order valence-electron chi connectivity index (χ3n) is 4.36. The van der Waals surface area contributed by atoms with E-state index in [0.717, 1.165) is 12.0 Å². The van der Waals surface area contributed by atoms with Crippen molar-refractivity contribution in [2.45, 2.75) is 65.1 Å². The van der Waals surface area contributed by atoms with Crippen LogP contribution >= 0.6 is 0 Å². The van der Waals surface area contributed by atoms with E-state index in [1.807, 2.05) is 0 Å². The maximum absolute atomic E-state index is 2.73. The van der Waals surface area contributed by atoms with Gasteiger partial charge in [-0.2, -0.15) is 0 Å². The normalized spacial score (nSPS) is 33.4. The minimum Gasteiger partial charge on any atom is -0.297 e. The highest BCUT2D eigenvalue weighted by molar-refractivity contribution is 5.02. The average Bonchev–Trinajstić information content (AvgIpc) is 2.53. The van der Waals surface area contributed by atoms with Gasteiger partial charge in [0.25, 0.3) is 0 Å². The van der Waals surface area contributed by atoms with Crippen molar-refractivity contribution >= 4 is 0 Å². The van der Waals surface area contributed by atoms with E-state index >= 15 is 0 Å². The van der Waals surface area contributed by atoms with Crippen LogP contribution in [-0.4, -0.2) is 46.6 Å². The maximum Gasteiger partial charge on any atom is 0.0269 e. The summed E-state index contributed by atoms with van der Waals surface area (Å²) < 4.78 is 0. The Balaban J connectivity index is 2.08. The van der Waals surface area contributed by atoms with Gasteiger partial charge in [0.05, 0.1) is 0 Å². The number of hydrogen-bond acceptors (Lipinski definition) is 2. The monoisotopic (exact) mass is 224 g/mol. The van der Waals surface area contributed by atoms with E-state index in [2.05, 4.69) is 51.3 Å². The van der Waals surface area contributed by atoms with Crippen LogP contribution in [0.5, 0.6) is 0 Å². The van der Waals surface area contributed by atoms with E-state index < -0.39 is 0 Å². The summed E-state index contributed by atoms with van der Waals surface area (Å²) in [6.07, 6.45) is 1.40. The molecule has 2 heteroatoms. The van der Waals surface area contributed by atoms with Gasteiger partial charge in [-0.1, -0.05) is 0 Å². The first-order chi connectivity index (χ1) is 7.19. The predicted octanol–water partition coefficient (Wildman–Crippen LogP) is 2.59. The summed E-state index contributed by atoms with van der Waals surface area (Å²) in [6.45, 7) is 18.0. The Bertz CT molecular complexity index is 259. The molecule has 2 rings (SSSR count). The molecule has 94 valence electrons. The lowest BCUT2D eigenvalue weighted by molar-refractivity contribution is 0.0945. The maximum atomic E-state index is 2.73. The zero-order valence-electron chi connectivity index (χ0n) is 11.9. The van der Waals surface area contributed by atoms with Crippen LogP contribution in [0.15, 0.2) is 0 Å². The number of fused-ring (bicyclic) bond motifs is 1. The smallest absolute Gasteiger partial charge is 0.0269 e. The lowest BCUT2D eigenvalue weighted by Gasteiger charge is -2.38.